The summed E-state index contributed by atoms with van der Waals surface area (Å²) < 4.78 is 47.9. The van der Waals surface area contributed by atoms with Crippen molar-refractivity contribution in [3.05, 3.63) is 66.2 Å². The number of aliphatic hydroxyl groups excluding tert-OH is 2. The lowest BCUT2D eigenvalue weighted by Gasteiger charge is -2.25. The molecule has 0 saturated heterocycles. The molecule has 0 heterocycles. The Balaban J connectivity index is 1.69. The van der Waals surface area contributed by atoms with Crippen LogP contribution in [0.25, 0.3) is 10.8 Å². The Hall–Kier alpha value is -2.81. The van der Waals surface area contributed by atoms with Crippen molar-refractivity contribution in [2.45, 2.75) is 24.6 Å². The molecule has 0 saturated carbocycles. The molecule has 0 aliphatic heterocycles. The molecule has 3 aromatic carbocycles. The van der Waals surface area contributed by atoms with Gasteiger partial charge in [-0.15, -0.1) is 0 Å². The topological polar surface area (TPSA) is 84.9 Å². The molecule has 0 aliphatic rings. The van der Waals surface area contributed by atoms with E-state index in [0.29, 0.717) is 22.8 Å². The van der Waals surface area contributed by atoms with E-state index in [2.05, 4.69) is 0 Å². The van der Waals surface area contributed by atoms with E-state index in [4.69, 9.17) is 15.2 Å². The third-order valence-electron chi connectivity index (χ3n) is 4.87. The average Bonchev–Trinajstić information content (AvgIpc) is 2.75. The molecule has 0 bridgehead atoms. The summed E-state index contributed by atoms with van der Waals surface area (Å²) in [5, 5.41) is 20.7. The zero-order valence-corrected chi connectivity index (χ0v) is 16.7. The van der Waals surface area contributed by atoms with Crippen LogP contribution in [0, 0.1) is 0 Å². The van der Waals surface area contributed by atoms with Crippen LogP contribution < -0.4 is 15.2 Å². The van der Waals surface area contributed by atoms with Gasteiger partial charge in [0, 0.05) is 12.5 Å². The number of halogens is 3. The first kappa shape index (κ1) is 22.9. The van der Waals surface area contributed by atoms with Crippen LogP contribution in [0.5, 0.6) is 17.2 Å². The smallest absolute Gasteiger partial charge is 0.389 e. The van der Waals surface area contributed by atoms with Gasteiger partial charge in [0.15, 0.2) is 0 Å². The van der Waals surface area contributed by atoms with Gasteiger partial charge in [-0.05, 0) is 53.1 Å². The number of hydrogen-bond donors (Lipinski definition) is 3. The van der Waals surface area contributed by atoms with E-state index in [9.17, 15) is 23.4 Å². The van der Waals surface area contributed by atoms with Crippen molar-refractivity contribution in [1.82, 2.24) is 0 Å². The molecule has 0 unspecified atom stereocenters. The Morgan fingerprint density at radius 3 is 2.16 bits per heavy atom. The number of fused-ring (bicyclic) bond motifs is 1. The van der Waals surface area contributed by atoms with Crippen molar-refractivity contribution in [2.75, 3.05) is 19.8 Å². The van der Waals surface area contributed by atoms with Crippen LogP contribution in [0.3, 0.4) is 0 Å². The first-order valence-corrected chi connectivity index (χ1v) is 9.75. The van der Waals surface area contributed by atoms with Crippen LogP contribution >= 0.6 is 0 Å². The van der Waals surface area contributed by atoms with Crippen molar-refractivity contribution in [3.63, 3.8) is 0 Å². The van der Waals surface area contributed by atoms with Gasteiger partial charge in [-0.1, -0.05) is 24.3 Å². The molecular formula is C23H24F3NO4. The number of nitrogens with two attached hydrogens (primary N) is 1. The second-order valence-corrected chi connectivity index (χ2v) is 7.34. The summed E-state index contributed by atoms with van der Waals surface area (Å²) in [6.07, 6.45) is -5.19. The highest BCUT2D eigenvalue weighted by Crippen LogP contribution is 2.30. The molecule has 0 aliphatic carbocycles. The fourth-order valence-electron chi connectivity index (χ4n) is 3.06. The predicted octanol–water partition coefficient (Wildman–Crippen LogP) is 4.49. The summed E-state index contributed by atoms with van der Waals surface area (Å²) in [5.74, 6) is 1.49. The van der Waals surface area contributed by atoms with Crippen molar-refractivity contribution in [2.24, 2.45) is 5.73 Å². The summed E-state index contributed by atoms with van der Waals surface area (Å²) >= 11 is 0. The van der Waals surface area contributed by atoms with Crippen LogP contribution in [0.4, 0.5) is 13.2 Å². The minimum absolute atomic E-state index is 0.0361. The van der Waals surface area contributed by atoms with Crippen LogP contribution in [0.1, 0.15) is 18.4 Å². The lowest BCUT2D eigenvalue weighted by Crippen LogP contribution is -2.44. The van der Waals surface area contributed by atoms with Gasteiger partial charge >= 0.3 is 6.18 Å². The highest BCUT2D eigenvalue weighted by Gasteiger charge is 2.26. The van der Waals surface area contributed by atoms with Crippen molar-refractivity contribution < 1.29 is 32.9 Å². The van der Waals surface area contributed by atoms with Gasteiger partial charge in [-0.25, -0.2) is 0 Å². The molecule has 3 rings (SSSR count). The molecule has 8 heteroatoms. The lowest BCUT2D eigenvalue weighted by molar-refractivity contribution is -0.136. The molecule has 0 radical (unpaired) electrons. The maximum absolute atomic E-state index is 12.2. The Bertz CT molecular complexity index is 1020. The first-order valence-electron chi connectivity index (χ1n) is 9.75. The van der Waals surface area contributed by atoms with Crippen molar-refractivity contribution >= 4 is 10.8 Å². The Morgan fingerprint density at radius 2 is 1.45 bits per heavy atom. The molecule has 0 spiro atoms. The van der Waals surface area contributed by atoms with Gasteiger partial charge < -0.3 is 25.4 Å². The number of benzene rings is 3. The first-order chi connectivity index (χ1) is 14.7. The monoisotopic (exact) mass is 435 g/mol. The third kappa shape index (κ3) is 6.10. The molecule has 0 atom stereocenters. The number of ether oxygens (including phenoxy) is 2. The van der Waals surface area contributed by atoms with Crippen LogP contribution in [-0.2, 0) is 5.54 Å². The Morgan fingerprint density at radius 1 is 0.806 bits per heavy atom. The highest BCUT2D eigenvalue weighted by atomic mass is 19.4. The van der Waals surface area contributed by atoms with Gasteiger partial charge in [-0.2, -0.15) is 13.2 Å². The molecular weight excluding hydrogens is 411 g/mol. The average molecular weight is 435 g/mol. The van der Waals surface area contributed by atoms with E-state index < -0.39 is 18.1 Å². The van der Waals surface area contributed by atoms with Crippen LogP contribution in [0.2, 0.25) is 0 Å². The normalized spacial score (nSPS) is 12.2. The van der Waals surface area contributed by atoms with E-state index >= 15 is 0 Å². The second kappa shape index (κ2) is 9.55. The number of aliphatic hydroxyl groups is 2. The summed E-state index contributed by atoms with van der Waals surface area (Å²) in [6, 6.07) is 17.5. The molecule has 3 aromatic rings. The van der Waals surface area contributed by atoms with Crippen LogP contribution in [-0.4, -0.2) is 36.2 Å². The quantitative estimate of drug-likeness (QED) is 0.431. The number of rotatable bonds is 9. The summed E-state index contributed by atoms with van der Waals surface area (Å²) in [4.78, 5) is 0. The maximum Gasteiger partial charge on any atom is 0.389 e. The minimum atomic E-state index is -4.19. The van der Waals surface area contributed by atoms with E-state index in [1.165, 1.54) is 0 Å². The van der Waals surface area contributed by atoms with Gasteiger partial charge in [0.25, 0.3) is 0 Å². The molecule has 5 nitrogen and oxygen atoms in total. The fraction of sp³-hybridized carbons (Fsp3) is 0.304. The zero-order valence-electron chi connectivity index (χ0n) is 16.7. The van der Waals surface area contributed by atoms with Crippen molar-refractivity contribution in [3.8, 4) is 17.2 Å². The predicted molar refractivity (Wildman–Crippen MR) is 111 cm³/mol. The largest absolute Gasteiger partial charge is 0.493 e. The SMILES string of the molecule is NC(CO)(CO)c1ccc2cc(Oc3cccc(OCCCC(F)(F)F)c3)ccc2c1. The van der Waals surface area contributed by atoms with E-state index in [-0.39, 0.29) is 26.2 Å². The summed E-state index contributed by atoms with van der Waals surface area (Å²) in [7, 11) is 0. The summed E-state index contributed by atoms with van der Waals surface area (Å²) in [5.41, 5.74) is 5.43. The van der Waals surface area contributed by atoms with Gasteiger partial charge in [0.1, 0.15) is 17.2 Å². The number of alkyl halides is 3. The molecule has 4 N–H and O–H groups in total. The van der Waals surface area contributed by atoms with Gasteiger partial charge in [-0.3, -0.25) is 0 Å². The minimum Gasteiger partial charge on any atom is -0.493 e. The molecule has 0 amide bonds. The van der Waals surface area contributed by atoms with Gasteiger partial charge in [0.2, 0.25) is 0 Å². The fourth-order valence-corrected chi connectivity index (χ4v) is 3.06. The third-order valence-corrected chi connectivity index (χ3v) is 4.87. The summed E-state index contributed by atoms with van der Waals surface area (Å²) in [6.45, 7) is -0.804. The Kier molecular flexibility index (Phi) is 7.04. The maximum atomic E-state index is 12.2. The molecule has 31 heavy (non-hydrogen) atoms. The lowest BCUT2D eigenvalue weighted by atomic mass is 9.91. The van der Waals surface area contributed by atoms with Gasteiger partial charge in [0.05, 0.1) is 25.4 Å². The van der Waals surface area contributed by atoms with E-state index in [1.807, 2.05) is 18.2 Å². The van der Waals surface area contributed by atoms with E-state index in [0.717, 1.165) is 10.8 Å². The standard InChI is InChI=1S/C23H24F3NO4/c24-23(25,26)9-2-10-30-19-3-1-4-20(13-19)31-21-8-6-16-11-18(7-5-17(16)12-21)22(27,14-28)15-29/h1,3-8,11-13,28-29H,2,9-10,14-15,27H2. The Labute approximate surface area is 177 Å². The molecule has 0 aromatic heterocycles. The zero-order chi connectivity index (χ0) is 22.5. The second-order valence-electron chi connectivity index (χ2n) is 7.34. The highest BCUT2D eigenvalue weighted by molar-refractivity contribution is 5.84. The number of hydrogen-bond acceptors (Lipinski definition) is 5. The molecule has 0 fully saturated rings. The molecule has 166 valence electrons. The van der Waals surface area contributed by atoms with Crippen LogP contribution in [0.15, 0.2) is 60.7 Å². The van der Waals surface area contributed by atoms with Crippen molar-refractivity contribution in [1.29, 1.82) is 0 Å². The van der Waals surface area contributed by atoms with E-state index in [1.54, 1.807) is 42.5 Å².